The van der Waals surface area contributed by atoms with E-state index in [1.807, 2.05) is 12.1 Å². The smallest absolute Gasteiger partial charge is 0.0739 e. The van der Waals surface area contributed by atoms with Crippen LogP contribution in [0.5, 0.6) is 0 Å². The molecule has 1 aliphatic carbocycles. The van der Waals surface area contributed by atoms with E-state index in [1.54, 1.807) is 0 Å². The van der Waals surface area contributed by atoms with E-state index in [0.717, 1.165) is 43.9 Å². The highest BCUT2D eigenvalue weighted by molar-refractivity contribution is 5.56. The molecule has 3 N–H and O–H groups in total. The zero-order chi connectivity index (χ0) is 18.3. The first kappa shape index (κ1) is 17.4. The zero-order valence-electron chi connectivity index (χ0n) is 15.8. The number of nitrogens with two attached hydrogens (primary N) is 1. The molecule has 4 nitrogen and oxygen atoms in total. The molecule has 0 radical (unpaired) electrons. The van der Waals surface area contributed by atoms with Gasteiger partial charge in [-0.3, -0.25) is 4.90 Å². The number of hydrogen-bond acceptors (Lipinski definition) is 4. The van der Waals surface area contributed by atoms with Crippen LogP contribution in [0.2, 0.25) is 0 Å². The van der Waals surface area contributed by atoms with Gasteiger partial charge in [-0.1, -0.05) is 24.3 Å². The topological polar surface area (TPSA) is 52.7 Å². The Hall–Kier alpha value is -2.04. The Morgan fingerprint density at radius 1 is 0.962 bits per heavy atom. The van der Waals surface area contributed by atoms with Gasteiger partial charge in [-0.2, -0.15) is 0 Å². The van der Waals surface area contributed by atoms with Crippen LogP contribution in [-0.4, -0.2) is 48.3 Å². The first-order chi connectivity index (χ1) is 12.5. The lowest BCUT2D eigenvalue weighted by Crippen LogP contribution is -2.56. The number of piperazine rings is 1. The monoisotopic (exact) mass is 351 g/mol. The molecule has 26 heavy (non-hydrogen) atoms. The second-order valence-corrected chi connectivity index (χ2v) is 7.77. The van der Waals surface area contributed by atoms with Crippen LogP contribution in [0.4, 0.5) is 11.4 Å². The van der Waals surface area contributed by atoms with Gasteiger partial charge < -0.3 is 15.7 Å². The molecule has 2 aromatic carbocycles. The third-order valence-electron chi connectivity index (χ3n) is 6.30. The van der Waals surface area contributed by atoms with Crippen LogP contribution in [0.15, 0.2) is 36.4 Å². The Bertz CT molecular complexity index is 796. The lowest BCUT2D eigenvalue weighted by Gasteiger charge is -2.44. The molecule has 0 saturated carbocycles. The highest BCUT2D eigenvalue weighted by atomic mass is 16.3. The van der Waals surface area contributed by atoms with E-state index in [0.29, 0.717) is 6.42 Å². The van der Waals surface area contributed by atoms with Crippen molar-refractivity contribution in [3.05, 3.63) is 58.7 Å². The maximum atomic E-state index is 10.7. The van der Waals surface area contributed by atoms with Gasteiger partial charge in [0.05, 0.1) is 6.10 Å². The molecule has 0 spiro atoms. The molecule has 1 saturated heterocycles. The Morgan fingerprint density at radius 3 is 2.46 bits per heavy atom. The van der Waals surface area contributed by atoms with Gasteiger partial charge in [0.25, 0.3) is 0 Å². The fourth-order valence-electron chi connectivity index (χ4n) is 4.55. The first-order valence-electron chi connectivity index (χ1n) is 9.64. The van der Waals surface area contributed by atoms with E-state index in [4.69, 9.17) is 5.73 Å². The number of fused-ring (bicyclic) bond motifs is 1. The molecule has 1 fully saturated rings. The van der Waals surface area contributed by atoms with Crippen molar-refractivity contribution in [1.82, 2.24) is 4.90 Å². The van der Waals surface area contributed by atoms with Crippen LogP contribution in [0.1, 0.15) is 22.3 Å². The maximum absolute atomic E-state index is 10.7. The van der Waals surface area contributed by atoms with Gasteiger partial charge in [0, 0.05) is 50.0 Å². The minimum atomic E-state index is -0.334. The Morgan fingerprint density at radius 2 is 1.69 bits per heavy atom. The first-order valence-corrected chi connectivity index (χ1v) is 9.64. The number of aryl methyl sites for hydroxylation is 1. The summed E-state index contributed by atoms with van der Waals surface area (Å²) in [6.45, 7) is 8.40. The summed E-state index contributed by atoms with van der Waals surface area (Å²) in [7, 11) is 0. The van der Waals surface area contributed by atoms with Crippen molar-refractivity contribution >= 4 is 11.4 Å². The normalized spacial score (nSPS) is 23.7. The predicted octanol–water partition coefficient (Wildman–Crippen LogP) is 2.54. The van der Waals surface area contributed by atoms with Crippen LogP contribution in [0, 0.1) is 13.8 Å². The lowest BCUT2D eigenvalue weighted by molar-refractivity contribution is 0.0397. The summed E-state index contributed by atoms with van der Waals surface area (Å²) in [6.07, 6.45) is 1.23. The molecular formula is C22H29N3O. The summed E-state index contributed by atoms with van der Waals surface area (Å²) >= 11 is 0. The van der Waals surface area contributed by atoms with Crippen molar-refractivity contribution in [2.24, 2.45) is 0 Å². The molecule has 138 valence electrons. The van der Waals surface area contributed by atoms with Crippen LogP contribution in [-0.2, 0) is 12.8 Å². The molecule has 2 aliphatic rings. The summed E-state index contributed by atoms with van der Waals surface area (Å²) in [5.41, 5.74) is 13.5. The number of hydrogen-bond donors (Lipinski definition) is 2. The number of aliphatic hydroxyl groups is 1. The average molecular weight is 351 g/mol. The third kappa shape index (κ3) is 3.08. The van der Waals surface area contributed by atoms with Gasteiger partial charge in [0.2, 0.25) is 0 Å². The van der Waals surface area contributed by atoms with E-state index in [-0.39, 0.29) is 12.1 Å². The SMILES string of the molecule is Cc1cccc(N2CCN([C@H]3Cc4cccc(N)c4C[C@@H]3O)CC2)c1C. The Kier molecular flexibility index (Phi) is 4.63. The average Bonchev–Trinajstić information content (AvgIpc) is 2.65. The molecule has 2 aromatic rings. The summed E-state index contributed by atoms with van der Waals surface area (Å²) in [5, 5.41) is 10.7. The van der Waals surface area contributed by atoms with E-state index in [2.05, 4.69) is 47.9 Å². The van der Waals surface area contributed by atoms with Crippen molar-refractivity contribution < 1.29 is 5.11 Å². The van der Waals surface area contributed by atoms with E-state index >= 15 is 0 Å². The predicted molar refractivity (Wildman–Crippen MR) is 108 cm³/mol. The molecule has 2 atom stereocenters. The summed E-state index contributed by atoms with van der Waals surface area (Å²) in [6, 6.07) is 12.9. The summed E-state index contributed by atoms with van der Waals surface area (Å²) in [4.78, 5) is 4.96. The number of benzene rings is 2. The summed E-state index contributed by atoms with van der Waals surface area (Å²) < 4.78 is 0. The van der Waals surface area contributed by atoms with Gasteiger partial charge in [-0.15, -0.1) is 0 Å². The van der Waals surface area contributed by atoms with Gasteiger partial charge in [-0.05, 0) is 54.7 Å². The quantitative estimate of drug-likeness (QED) is 0.817. The maximum Gasteiger partial charge on any atom is 0.0739 e. The highest BCUT2D eigenvalue weighted by Crippen LogP contribution is 2.30. The highest BCUT2D eigenvalue weighted by Gasteiger charge is 2.34. The van der Waals surface area contributed by atoms with Crippen LogP contribution < -0.4 is 10.6 Å². The molecule has 1 heterocycles. The van der Waals surface area contributed by atoms with Gasteiger partial charge in [0.15, 0.2) is 0 Å². The van der Waals surface area contributed by atoms with Gasteiger partial charge in [0.1, 0.15) is 0 Å². The largest absolute Gasteiger partial charge is 0.398 e. The fourth-order valence-corrected chi connectivity index (χ4v) is 4.55. The number of nitrogens with zero attached hydrogens (tertiary/aromatic N) is 2. The Balaban J connectivity index is 1.46. The van der Waals surface area contributed by atoms with Gasteiger partial charge in [-0.25, -0.2) is 0 Å². The molecule has 0 amide bonds. The second-order valence-electron chi connectivity index (χ2n) is 7.77. The summed E-state index contributed by atoms with van der Waals surface area (Å²) in [5.74, 6) is 0. The number of rotatable bonds is 2. The fraction of sp³-hybridized carbons (Fsp3) is 0.455. The van der Waals surface area contributed by atoms with Crippen molar-refractivity contribution in [3.8, 4) is 0 Å². The molecule has 1 aliphatic heterocycles. The standard InChI is InChI=1S/C22H29N3O/c1-15-5-3-8-20(16(15)2)24-9-11-25(12-10-24)21-13-17-6-4-7-19(23)18(17)14-22(21)26/h3-8,21-22,26H,9-14,23H2,1-2H3/t21-,22-/m0/s1. The zero-order valence-corrected chi connectivity index (χ0v) is 15.8. The third-order valence-corrected chi connectivity index (χ3v) is 6.30. The van der Waals surface area contributed by atoms with E-state index < -0.39 is 0 Å². The second kappa shape index (κ2) is 6.93. The Labute approximate surface area is 156 Å². The molecule has 4 heteroatoms. The number of nitrogen functional groups attached to an aromatic ring is 1. The number of aliphatic hydroxyl groups excluding tert-OH is 1. The molecule has 0 aromatic heterocycles. The lowest BCUT2D eigenvalue weighted by atomic mass is 9.84. The molecule has 0 unspecified atom stereocenters. The minimum absolute atomic E-state index is 0.199. The molecule has 4 rings (SSSR count). The molecule has 0 bridgehead atoms. The van der Waals surface area contributed by atoms with Crippen LogP contribution in [0.25, 0.3) is 0 Å². The minimum Gasteiger partial charge on any atom is -0.398 e. The van der Waals surface area contributed by atoms with Crippen molar-refractivity contribution in [1.29, 1.82) is 0 Å². The van der Waals surface area contributed by atoms with Crippen LogP contribution in [0.3, 0.4) is 0 Å². The van der Waals surface area contributed by atoms with Crippen molar-refractivity contribution in [2.45, 2.75) is 38.8 Å². The van der Waals surface area contributed by atoms with E-state index in [1.165, 1.54) is 22.4 Å². The van der Waals surface area contributed by atoms with Crippen molar-refractivity contribution in [3.63, 3.8) is 0 Å². The van der Waals surface area contributed by atoms with E-state index in [9.17, 15) is 5.11 Å². The molecular weight excluding hydrogens is 322 g/mol. The number of anilines is 2. The van der Waals surface area contributed by atoms with Gasteiger partial charge >= 0.3 is 0 Å². The van der Waals surface area contributed by atoms with Crippen molar-refractivity contribution in [2.75, 3.05) is 36.8 Å². The van der Waals surface area contributed by atoms with Crippen LogP contribution >= 0.6 is 0 Å².